The molecule has 0 spiro atoms. The molecular weight excluding hydrogens is 817 g/mol. The third-order valence-electron chi connectivity index (χ3n) is 11.7. The molecule has 2 rings (SSSR count). The Morgan fingerprint density at radius 3 is 1.43 bits per heavy atom. The van der Waals surface area contributed by atoms with Crippen molar-refractivity contribution in [1.82, 2.24) is 0 Å². The molecule has 0 aliphatic carbocycles. The average Bonchev–Trinajstić information content (AvgIpc) is 3.28. The first-order valence-electron chi connectivity index (χ1n) is 24.4. The van der Waals surface area contributed by atoms with E-state index in [0.29, 0.717) is 12.8 Å². The van der Waals surface area contributed by atoms with Gasteiger partial charge in [-0.25, -0.2) is 0 Å². The van der Waals surface area contributed by atoms with Crippen molar-refractivity contribution < 1.29 is 73.8 Å². The fourth-order valence-electron chi connectivity index (χ4n) is 7.56. The van der Waals surface area contributed by atoms with Crippen molar-refractivity contribution in [2.45, 2.75) is 242 Å². The number of ether oxygens (including phenoxy) is 6. The summed E-state index contributed by atoms with van der Waals surface area (Å²) in [5, 5.41) is 71.9. The largest absolute Gasteiger partial charge is 0.462 e. The molecule has 0 saturated carbocycles. The van der Waals surface area contributed by atoms with E-state index in [1.165, 1.54) is 57.8 Å². The molecule has 0 aromatic rings. The van der Waals surface area contributed by atoms with Crippen molar-refractivity contribution in [2.75, 3.05) is 26.4 Å². The molecule has 63 heavy (non-hydrogen) atoms. The van der Waals surface area contributed by atoms with Crippen LogP contribution in [0.1, 0.15) is 174 Å². The zero-order chi connectivity index (χ0) is 46.1. The molecule has 15 heteroatoms. The van der Waals surface area contributed by atoms with Gasteiger partial charge in [-0.15, -0.1) is 0 Å². The van der Waals surface area contributed by atoms with Crippen molar-refractivity contribution in [3.05, 3.63) is 24.3 Å². The first-order valence-corrected chi connectivity index (χ1v) is 24.4. The first-order chi connectivity index (χ1) is 30.5. The van der Waals surface area contributed by atoms with E-state index >= 15 is 0 Å². The number of hydrogen-bond donors (Lipinski definition) is 7. The molecule has 15 nitrogen and oxygen atoms in total. The first kappa shape index (κ1) is 57.1. The van der Waals surface area contributed by atoms with Gasteiger partial charge in [0.1, 0.15) is 55.4 Å². The molecule has 0 bridgehead atoms. The van der Waals surface area contributed by atoms with Gasteiger partial charge < -0.3 is 64.2 Å². The average molecular weight is 903 g/mol. The lowest BCUT2D eigenvalue weighted by Crippen LogP contribution is -2.61. The summed E-state index contributed by atoms with van der Waals surface area (Å²) in [7, 11) is 0. The van der Waals surface area contributed by atoms with Gasteiger partial charge in [-0.05, 0) is 64.2 Å². The summed E-state index contributed by atoms with van der Waals surface area (Å²) < 4.78 is 33.5. The van der Waals surface area contributed by atoms with Crippen LogP contribution in [0.5, 0.6) is 0 Å². The topological polar surface area (TPSA) is 231 Å². The van der Waals surface area contributed by atoms with Crippen LogP contribution in [0.25, 0.3) is 0 Å². The van der Waals surface area contributed by atoms with Crippen molar-refractivity contribution in [3.8, 4) is 0 Å². The van der Waals surface area contributed by atoms with Gasteiger partial charge in [0.25, 0.3) is 0 Å². The second-order valence-electron chi connectivity index (χ2n) is 17.3. The Kier molecular flexibility index (Phi) is 32.8. The van der Waals surface area contributed by atoms with Crippen LogP contribution >= 0.6 is 0 Å². The molecule has 11 atom stereocenters. The number of carbonyl (C=O) groups excluding carboxylic acids is 2. The maximum Gasteiger partial charge on any atom is 0.306 e. The molecule has 0 radical (unpaired) electrons. The summed E-state index contributed by atoms with van der Waals surface area (Å²) >= 11 is 0. The zero-order valence-corrected chi connectivity index (χ0v) is 38.6. The van der Waals surface area contributed by atoms with Crippen LogP contribution in [0.2, 0.25) is 0 Å². The highest BCUT2D eigenvalue weighted by molar-refractivity contribution is 5.70. The molecule has 2 saturated heterocycles. The zero-order valence-electron chi connectivity index (χ0n) is 38.6. The number of esters is 2. The fourth-order valence-corrected chi connectivity index (χ4v) is 7.56. The highest BCUT2D eigenvalue weighted by atomic mass is 16.7. The van der Waals surface area contributed by atoms with Gasteiger partial charge in [0.2, 0.25) is 0 Å². The predicted molar refractivity (Wildman–Crippen MR) is 238 cm³/mol. The van der Waals surface area contributed by atoms with Gasteiger partial charge in [0, 0.05) is 12.8 Å². The second-order valence-corrected chi connectivity index (χ2v) is 17.3. The Balaban J connectivity index is 1.83. The molecule has 2 heterocycles. The number of hydrogen-bond acceptors (Lipinski definition) is 15. The van der Waals surface area contributed by atoms with Gasteiger partial charge in [-0.1, -0.05) is 122 Å². The van der Waals surface area contributed by atoms with Crippen LogP contribution < -0.4 is 0 Å². The Hall–Kier alpha value is -2.02. The number of aliphatic hydroxyl groups is 7. The maximum absolute atomic E-state index is 12.9. The lowest BCUT2D eigenvalue weighted by Gasteiger charge is -2.42. The third kappa shape index (κ3) is 24.9. The summed E-state index contributed by atoms with van der Waals surface area (Å²) in [6.45, 7) is 2.53. The van der Waals surface area contributed by atoms with E-state index in [-0.39, 0.29) is 26.1 Å². The van der Waals surface area contributed by atoms with Crippen LogP contribution in [0, 0.1) is 0 Å². The molecule has 368 valence electrons. The van der Waals surface area contributed by atoms with Gasteiger partial charge in [0.05, 0.1) is 19.8 Å². The van der Waals surface area contributed by atoms with Crippen LogP contribution in [-0.4, -0.2) is 142 Å². The number of rotatable bonds is 37. The molecule has 7 N–H and O–H groups in total. The standard InChI is InChI=1S/C48H86O15/c1-3-5-7-9-11-13-15-17-18-19-21-22-24-26-28-30-39(50)58-33-36(61-40(51)31-29-27-25-23-20-16-14-12-10-8-6-4-2)34-59-47-46(57)44(55)42(53)38(63-47)35-60-48-45(56)43(54)41(52)37(32-49)62-48/h12,14,17-18,36-38,41-49,52-57H,3-11,13,15-16,19-35H2,1-2H3/b14-12+,18-17+/t36-,37-,38-,41+,42+,43?,44?,45?,46?,47-,48-/m1/s1. The van der Waals surface area contributed by atoms with Crippen LogP contribution in [0.15, 0.2) is 24.3 Å². The smallest absolute Gasteiger partial charge is 0.306 e. The van der Waals surface area contributed by atoms with E-state index in [1.54, 1.807) is 0 Å². The molecule has 0 amide bonds. The van der Waals surface area contributed by atoms with Crippen molar-refractivity contribution in [1.29, 1.82) is 0 Å². The van der Waals surface area contributed by atoms with E-state index in [0.717, 1.165) is 77.0 Å². The lowest BCUT2D eigenvalue weighted by atomic mass is 9.98. The molecule has 2 fully saturated rings. The van der Waals surface area contributed by atoms with Gasteiger partial charge in [-0.2, -0.15) is 0 Å². The predicted octanol–water partition coefficient (Wildman–Crippen LogP) is 5.99. The fraction of sp³-hybridized carbons (Fsp3) is 0.875. The van der Waals surface area contributed by atoms with Gasteiger partial charge in [-0.3, -0.25) is 9.59 Å². The van der Waals surface area contributed by atoms with Crippen molar-refractivity contribution >= 4 is 11.9 Å². The quantitative estimate of drug-likeness (QED) is 0.0216. The highest BCUT2D eigenvalue weighted by Crippen LogP contribution is 2.26. The molecular formula is C48H86O15. The summed E-state index contributed by atoms with van der Waals surface area (Å²) in [5.41, 5.74) is 0. The third-order valence-corrected chi connectivity index (χ3v) is 11.7. The second kappa shape index (κ2) is 36.1. The Morgan fingerprint density at radius 1 is 0.492 bits per heavy atom. The highest BCUT2D eigenvalue weighted by Gasteiger charge is 2.47. The number of allylic oxidation sites excluding steroid dienone is 4. The Morgan fingerprint density at radius 2 is 0.905 bits per heavy atom. The van der Waals surface area contributed by atoms with Crippen LogP contribution in [0.3, 0.4) is 0 Å². The minimum atomic E-state index is -1.76. The van der Waals surface area contributed by atoms with Crippen molar-refractivity contribution in [2.24, 2.45) is 0 Å². The Bertz CT molecular complexity index is 1200. The summed E-state index contributed by atoms with van der Waals surface area (Å²) in [6, 6.07) is 0. The van der Waals surface area contributed by atoms with E-state index in [9.17, 15) is 45.3 Å². The van der Waals surface area contributed by atoms with E-state index < -0.39 is 92.7 Å². The SMILES string of the molecule is CCCCC/C=C/CCCCCCCC(=O)O[C@H](COC(=O)CCCCCCC/C=C/CCCCCCCC)CO[C@@H]1O[C@H](CO[C@@H]2O[C@H](CO)[C@H](O)C(O)C2O)[C@H](O)C(O)C1O. The summed E-state index contributed by atoms with van der Waals surface area (Å²) in [4.78, 5) is 25.7. The minimum absolute atomic E-state index is 0.154. The summed E-state index contributed by atoms with van der Waals surface area (Å²) in [6.07, 6.45) is 17.8. The van der Waals surface area contributed by atoms with Crippen LogP contribution in [0.4, 0.5) is 0 Å². The maximum atomic E-state index is 12.9. The number of unbranched alkanes of at least 4 members (excludes halogenated alkanes) is 19. The van der Waals surface area contributed by atoms with Gasteiger partial charge >= 0.3 is 11.9 Å². The molecule has 0 aromatic carbocycles. The Labute approximate surface area is 377 Å². The van der Waals surface area contributed by atoms with E-state index in [1.807, 2.05) is 0 Å². The monoisotopic (exact) mass is 903 g/mol. The van der Waals surface area contributed by atoms with Crippen LogP contribution in [-0.2, 0) is 38.0 Å². The van der Waals surface area contributed by atoms with Gasteiger partial charge in [0.15, 0.2) is 18.7 Å². The van der Waals surface area contributed by atoms with E-state index in [2.05, 4.69) is 38.2 Å². The van der Waals surface area contributed by atoms with Crippen molar-refractivity contribution in [3.63, 3.8) is 0 Å². The molecule has 2 aliphatic heterocycles. The normalized spacial score (nSPS) is 27.0. The van der Waals surface area contributed by atoms with E-state index in [4.69, 9.17) is 28.4 Å². The minimum Gasteiger partial charge on any atom is -0.462 e. The molecule has 4 unspecified atom stereocenters. The molecule has 0 aromatic heterocycles. The lowest BCUT2D eigenvalue weighted by molar-refractivity contribution is -0.332. The summed E-state index contributed by atoms with van der Waals surface area (Å²) in [5.74, 6) is -0.944. The number of carbonyl (C=O) groups is 2. The molecule has 2 aliphatic rings. The number of aliphatic hydroxyl groups excluding tert-OH is 7.